The standard InChI is InChI=1S/C18H13BrClFO2/c1-22-17-10-6-3-4-7-11(10)18(23-2)15(19)14(17)12-8-5-9-13(20)16(12)21/h3-9H,1-2H3. The van der Waals surface area contributed by atoms with Crippen LogP contribution in [0.5, 0.6) is 11.5 Å². The largest absolute Gasteiger partial charge is 0.495 e. The van der Waals surface area contributed by atoms with Crippen molar-refractivity contribution in [2.75, 3.05) is 14.2 Å². The molecule has 0 aliphatic heterocycles. The van der Waals surface area contributed by atoms with E-state index < -0.39 is 5.82 Å². The van der Waals surface area contributed by atoms with Crippen LogP contribution in [0.15, 0.2) is 46.9 Å². The molecule has 3 aromatic carbocycles. The van der Waals surface area contributed by atoms with Gasteiger partial charge in [0.25, 0.3) is 0 Å². The summed E-state index contributed by atoms with van der Waals surface area (Å²) in [5.41, 5.74) is 0.924. The van der Waals surface area contributed by atoms with Crippen LogP contribution in [0.3, 0.4) is 0 Å². The average molecular weight is 396 g/mol. The van der Waals surface area contributed by atoms with Crippen molar-refractivity contribution in [1.29, 1.82) is 0 Å². The third-order valence-electron chi connectivity index (χ3n) is 3.69. The fourth-order valence-corrected chi connectivity index (χ4v) is 3.64. The van der Waals surface area contributed by atoms with Gasteiger partial charge in [-0.05, 0) is 22.0 Å². The van der Waals surface area contributed by atoms with Crippen molar-refractivity contribution >= 4 is 38.3 Å². The van der Waals surface area contributed by atoms with E-state index in [1.807, 2.05) is 24.3 Å². The zero-order valence-electron chi connectivity index (χ0n) is 12.5. The SMILES string of the molecule is COc1c(Br)c(-c2cccc(Cl)c2F)c(OC)c2ccccc12. The van der Waals surface area contributed by atoms with Gasteiger partial charge in [0.05, 0.1) is 23.7 Å². The second kappa shape index (κ2) is 6.38. The van der Waals surface area contributed by atoms with Crippen LogP contribution < -0.4 is 9.47 Å². The first kappa shape index (κ1) is 16.1. The smallest absolute Gasteiger partial charge is 0.149 e. The Kier molecular flexibility index (Phi) is 4.46. The van der Waals surface area contributed by atoms with Gasteiger partial charge in [-0.15, -0.1) is 0 Å². The van der Waals surface area contributed by atoms with Gasteiger partial charge in [-0.25, -0.2) is 4.39 Å². The molecule has 0 bridgehead atoms. The summed E-state index contributed by atoms with van der Waals surface area (Å²) in [6, 6.07) is 12.5. The lowest BCUT2D eigenvalue weighted by Gasteiger charge is -2.18. The van der Waals surface area contributed by atoms with Gasteiger partial charge in [-0.3, -0.25) is 0 Å². The normalized spacial score (nSPS) is 10.8. The van der Waals surface area contributed by atoms with Gasteiger partial charge in [-0.2, -0.15) is 0 Å². The van der Waals surface area contributed by atoms with E-state index in [9.17, 15) is 4.39 Å². The third-order valence-corrected chi connectivity index (χ3v) is 4.74. The highest BCUT2D eigenvalue weighted by molar-refractivity contribution is 9.10. The van der Waals surface area contributed by atoms with E-state index in [2.05, 4.69) is 15.9 Å². The summed E-state index contributed by atoms with van der Waals surface area (Å²) >= 11 is 9.48. The fourth-order valence-electron chi connectivity index (χ4n) is 2.69. The third kappa shape index (κ3) is 2.56. The number of benzene rings is 3. The summed E-state index contributed by atoms with van der Waals surface area (Å²) in [7, 11) is 3.14. The molecule has 0 saturated carbocycles. The number of hydrogen-bond acceptors (Lipinski definition) is 2. The zero-order valence-corrected chi connectivity index (χ0v) is 14.8. The van der Waals surface area contributed by atoms with Gasteiger partial charge in [0, 0.05) is 21.9 Å². The molecule has 3 rings (SSSR count). The molecule has 0 aromatic heterocycles. The van der Waals surface area contributed by atoms with E-state index in [0.717, 1.165) is 10.8 Å². The minimum absolute atomic E-state index is 0.0589. The number of fused-ring (bicyclic) bond motifs is 1. The number of hydrogen-bond donors (Lipinski definition) is 0. The highest BCUT2D eigenvalue weighted by Crippen LogP contribution is 2.49. The number of ether oxygens (including phenoxy) is 2. The van der Waals surface area contributed by atoms with Crippen molar-refractivity contribution in [3.05, 3.63) is 57.8 Å². The van der Waals surface area contributed by atoms with Crippen molar-refractivity contribution in [3.63, 3.8) is 0 Å². The Balaban J connectivity index is 2.50. The Morgan fingerprint density at radius 2 is 1.52 bits per heavy atom. The van der Waals surface area contributed by atoms with E-state index in [1.165, 1.54) is 6.07 Å². The first-order valence-corrected chi connectivity index (χ1v) is 8.03. The molecule has 0 spiro atoms. The second-order valence-electron chi connectivity index (χ2n) is 4.90. The molecule has 0 saturated heterocycles. The summed E-state index contributed by atoms with van der Waals surface area (Å²) in [5.74, 6) is 0.690. The van der Waals surface area contributed by atoms with E-state index in [0.29, 0.717) is 27.1 Å². The molecule has 0 N–H and O–H groups in total. The molecule has 5 heteroatoms. The maximum absolute atomic E-state index is 14.6. The molecule has 0 radical (unpaired) electrons. The molecule has 0 atom stereocenters. The second-order valence-corrected chi connectivity index (χ2v) is 6.10. The molecular formula is C18H13BrClFO2. The van der Waals surface area contributed by atoms with E-state index in [4.69, 9.17) is 21.1 Å². The van der Waals surface area contributed by atoms with Crippen molar-refractivity contribution < 1.29 is 13.9 Å². The summed E-state index contributed by atoms with van der Waals surface area (Å²) in [5, 5.41) is 1.78. The maximum Gasteiger partial charge on any atom is 0.149 e. The molecule has 0 heterocycles. The van der Waals surface area contributed by atoms with Crippen LogP contribution in [0.2, 0.25) is 5.02 Å². The van der Waals surface area contributed by atoms with Crippen LogP contribution in [-0.2, 0) is 0 Å². The van der Waals surface area contributed by atoms with Gasteiger partial charge in [0.2, 0.25) is 0 Å². The Morgan fingerprint density at radius 1 is 0.913 bits per heavy atom. The van der Waals surface area contributed by atoms with Crippen LogP contribution in [0.25, 0.3) is 21.9 Å². The van der Waals surface area contributed by atoms with Gasteiger partial charge in [-0.1, -0.05) is 48.0 Å². The molecule has 0 amide bonds. The van der Waals surface area contributed by atoms with Crippen LogP contribution in [-0.4, -0.2) is 14.2 Å². The molecule has 118 valence electrons. The topological polar surface area (TPSA) is 18.5 Å². The maximum atomic E-state index is 14.6. The predicted molar refractivity (Wildman–Crippen MR) is 95.2 cm³/mol. The lowest BCUT2D eigenvalue weighted by atomic mass is 9.98. The van der Waals surface area contributed by atoms with Crippen LogP contribution in [0.4, 0.5) is 4.39 Å². The van der Waals surface area contributed by atoms with E-state index in [-0.39, 0.29) is 5.02 Å². The molecular weight excluding hydrogens is 383 g/mol. The summed E-state index contributed by atoms with van der Waals surface area (Å²) in [4.78, 5) is 0. The van der Waals surface area contributed by atoms with Crippen LogP contribution in [0, 0.1) is 5.82 Å². The molecule has 23 heavy (non-hydrogen) atoms. The zero-order chi connectivity index (χ0) is 16.6. The van der Waals surface area contributed by atoms with Crippen molar-refractivity contribution in [2.45, 2.75) is 0 Å². The molecule has 0 unspecified atom stereocenters. The van der Waals surface area contributed by atoms with Gasteiger partial charge in [0.1, 0.15) is 17.3 Å². The minimum Gasteiger partial charge on any atom is -0.495 e. The first-order chi connectivity index (χ1) is 11.1. The van der Waals surface area contributed by atoms with Crippen molar-refractivity contribution in [2.24, 2.45) is 0 Å². The molecule has 0 aliphatic carbocycles. The quantitative estimate of drug-likeness (QED) is 0.535. The first-order valence-electron chi connectivity index (χ1n) is 6.86. The fraction of sp³-hybridized carbons (Fsp3) is 0.111. The monoisotopic (exact) mass is 394 g/mol. The summed E-state index contributed by atoms with van der Waals surface area (Å²) in [6.45, 7) is 0. The number of rotatable bonds is 3. The van der Waals surface area contributed by atoms with E-state index >= 15 is 0 Å². The van der Waals surface area contributed by atoms with E-state index in [1.54, 1.807) is 26.4 Å². The molecule has 3 aromatic rings. The summed E-state index contributed by atoms with van der Waals surface area (Å²) < 4.78 is 26.3. The Labute approximate surface area is 146 Å². The van der Waals surface area contributed by atoms with Gasteiger partial charge in [0.15, 0.2) is 0 Å². The Bertz CT molecular complexity index is 896. The van der Waals surface area contributed by atoms with Crippen LogP contribution in [0.1, 0.15) is 0 Å². The molecule has 2 nitrogen and oxygen atoms in total. The number of methoxy groups -OCH3 is 2. The molecule has 0 aliphatic rings. The Morgan fingerprint density at radius 3 is 2.13 bits per heavy atom. The number of halogens is 3. The Hall–Kier alpha value is -1.78. The van der Waals surface area contributed by atoms with Gasteiger partial charge < -0.3 is 9.47 Å². The highest BCUT2D eigenvalue weighted by atomic mass is 79.9. The average Bonchev–Trinajstić information content (AvgIpc) is 2.57. The minimum atomic E-state index is -0.495. The predicted octanol–water partition coefficient (Wildman–Crippen LogP) is 6.08. The van der Waals surface area contributed by atoms with Crippen molar-refractivity contribution in [3.8, 4) is 22.6 Å². The van der Waals surface area contributed by atoms with Crippen LogP contribution >= 0.6 is 27.5 Å². The van der Waals surface area contributed by atoms with Crippen molar-refractivity contribution in [1.82, 2.24) is 0 Å². The highest BCUT2D eigenvalue weighted by Gasteiger charge is 2.23. The lowest BCUT2D eigenvalue weighted by molar-refractivity contribution is 0.409. The van der Waals surface area contributed by atoms with Gasteiger partial charge >= 0.3 is 0 Å². The lowest BCUT2D eigenvalue weighted by Crippen LogP contribution is -1.97. The molecule has 0 fully saturated rings. The summed E-state index contributed by atoms with van der Waals surface area (Å²) in [6.07, 6.45) is 0.